The largest absolute Gasteiger partial charge is 0.353 e. The van der Waals surface area contributed by atoms with Gasteiger partial charge in [0, 0.05) is 28.4 Å². The van der Waals surface area contributed by atoms with E-state index in [1.807, 2.05) is 48.5 Å². The van der Waals surface area contributed by atoms with E-state index >= 15 is 0 Å². The molecule has 8 heteroatoms. The fourth-order valence-corrected chi connectivity index (χ4v) is 4.00. The van der Waals surface area contributed by atoms with Crippen LogP contribution in [0.15, 0.2) is 72.0 Å². The molecule has 5 N–H and O–H groups in total. The first-order valence-electron chi connectivity index (χ1n) is 10.6. The number of benzene rings is 2. The van der Waals surface area contributed by atoms with Gasteiger partial charge in [0.15, 0.2) is 0 Å². The maximum atomic E-state index is 12.7. The number of nitrogens with zero attached hydrogens (tertiary/aromatic N) is 2. The maximum absolute atomic E-state index is 12.7. The average molecular weight is 438 g/mol. The van der Waals surface area contributed by atoms with Gasteiger partial charge in [-0.15, -0.1) is 0 Å². The van der Waals surface area contributed by atoms with E-state index in [0.717, 1.165) is 27.9 Å². The van der Waals surface area contributed by atoms with Crippen molar-refractivity contribution in [3.8, 4) is 11.4 Å². The second kappa shape index (κ2) is 8.68. The standard InChI is InChI=1S/C25H22N6O2/c26-19(10-9-15-6-2-1-3-7-15)25(33)29-16-12-17-22-18(14-28-31-24(17)32)23(30-21(22)13-16)20-8-4-5-11-27-20/h1-8,11-14,19,30H,9-10,26H2,(H,29,33)(H,31,32)/t19-/m1/s1. The lowest BCUT2D eigenvalue weighted by molar-refractivity contribution is -0.117. The van der Waals surface area contributed by atoms with Gasteiger partial charge in [0.25, 0.3) is 5.91 Å². The third-order valence-electron chi connectivity index (χ3n) is 5.65. The molecular formula is C25H22N6O2. The summed E-state index contributed by atoms with van der Waals surface area (Å²) in [6.45, 7) is 0. The Hall–Kier alpha value is -4.30. The number of aryl methyl sites for hydroxylation is 1. The predicted molar refractivity (Wildman–Crippen MR) is 128 cm³/mol. The minimum absolute atomic E-state index is 0.306. The van der Waals surface area contributed by atoms with Crippen molar-refractivity contribution < 1.29 is 9.59 Å². The molecule has 2 aromatic carbocycles. The van der Waals surface area contributed by atoms with Gasteiger partial charge in [-0.05, 0) is 42.7 Å². The van der Waals surface area contributed by atoms with Crippen LogP contribution in [0.5, 0.6) is 0 Å². The van der Waals surface area contributed by atoms with Gasteiger partial charge in [0.1, 0.15) is 0 Å². The summed E-state index contributed by atoms with van der Waals surface area (Å²) in [5.74, 6) is -0.662. The molecule has 4 aromatic rings. The van der Waals surface area contributed by atoms with E-state index in [0.29, 0.717) is 29.6 Å². The van der Waals surface area contributed by atoms with Crippen LogP contribution in [0.2, 0.25) is 0 Å². The molecule has 0 bridgehead atoms. The Morgan fingerprint density at radius 1 is 1.09 bits per heavy atom. The number of carbonyl (C=O) groups is 2. The number of aromatic amines is 1. The van der Waals surface area contributed by atoms with Crippen molar-refractivity contribution in [2.75, 3.05) is 5.32 Å². The monoisotopic (exact) mass is 438 g/mol. The summed E-state index contributed by atoms with van der Waals surface area (Å²) < 4.78 is 0. The van der Waals surface area contributed by atoms with E-state index in [1.54, 1.807) is 24.5 Å². The molecule has 5 rings (SSSR count). The molecule has 8 nitrogen and oxygen atoms in total. The average Bonchev–Trinajstić information content (AvgIpc) is 3.12. The van der Waals surface area contributed by atoms with Gasteiger partial charge in [0.2, 0.25) is 5.91 Å². The minimum Gasteiger partial charge on any atom is -0.353 e. The van der Waals surface area contributed by atoms with Gasteiger partial charge < -0.3 is 16.0 Å². The van der Waals surface area contributed by atoms with Crippen molar-refractivity contribution >= 4 is 34.6 Å². The fraction of sp³-hybridized carbons (Fsp3) is 0.120. The van der Waals surface area contributed by atoms with E-state index in [4.69, 9.17) is 5.73 Å². The topological polar surface area (TPSA) is 125 Å². The molecule has 0 radical (unpaired) electrons. The van der Waals surface area contributed by atoms with Crippen molar-refractivity contribution in [3.63, 3.8) is 0 Å². The zero-order valence-electron chi connectivity index (χ0n) is 17.7. The quantitative estimate of drug-likeness (QED) is 0.369. The van der Waals surface area contributed by atoms with Gasteiger partial charge in [-0.2, -0.15) is 5.10 Å². The summed E-state index contributed by atoms with van der Waals surface area (Å²) >= 11 is 0. The van der Waals surface area contributed by atoms with Crippen LogP contribution in [0.25, 0.3) is 22.3 Å². The fourth-order valence-electron chi connectivity index (χ4n) is 4.00. The Bertz CT molecular complexity index is 1360. The molecule has 0 saturated carbocycles. The van der Waals surface area contributed by atoms with Crippen LogP contribution < -0.4 is 16.5 Å². The molecule has 33 heavy (non-hydrogen) atoms. The smallest absolute Gasteiger partial charge is 0.272 e. The first-order chi connectivity index (χ1) is 16.1. The van der Waals surface area contributed by atoms with Crippen LogP contribution in [0.3, 0.4) is 0 Å². The van der Waals surface area contributed by atoms with Crippen molar-refractivity contribution in [1.82, 2.24) is 15.4 Å². The van der Waals surface area contributed by atoms with Crippen LogP contribution in [0.1, 0.15) is 27.9 Å². The molecule has 0 unspecified atom stereocenters. The van der Waals surface area contributed by atoms with Crippen molar-refractivity contribution in [3.05, 3.63) is 83.6 Å². The van der Waals surface area contributed by atoms with Gasteiger partial charge in [-0.3, -0.25) is 14.6 Å². The third-order valence-corrected chi connectivity index (χ3v) is 5.65. The van der Waals surface area contributed by atoms with Gasteiger partial charge in [-0.1, -0.05) is 36.4 Å². The van der Waals surface area contributed by atoms with E-state index < -0.39 is 6.04 Å². The van der Waals surface area contributed by atoms with Crippen molar-refractivity contribution in [2.45, 2.75) is 18.9 Å². The molecule has 2 amide bonds. The zero-order chi connectivity index (χ0) is 22.8. The number of carbonyl (C=O) groups excluding carboxylic acids is 2. The molecular weight excluding hydrogens is 416 g/mol. The van der Waals surface area contributed by atoms with Crippen LogP contribution in [0.4, 0.5) is 5.69 Å². The van der Waals surface area contributed by atoms with Gasteiger partial charge in [-0.25, -0.2) is 5.43 Å². The molecule has 1 atom stereocenters. The number of hydrazone groups is 1. The van der Waals surface area contributed by atoms with E-state index in [-0.39, 0.29) is 11.8 Å². The molecule has 0 aliphatic carbocycles. The SMILES string of the molecule is N[C@H](CCc1ccccc1)C(=O)Nc1cc2c3c(c(-c4ccccn4)[nH]c3c1)C=NNC2=O. The van der Waals surface area contributed by atoms with Crippen LogP contribution in [-0.2, 0) is 11.2 Å². The number of anilines is 1. The lowest BCUT2D eigenvalue weighted by atomic mass is 10.0. The van der Waals surface area contributed by atoms with Crippen LogP contribution >= 0.6 is 0 Å². The first kappa shape index (κ1) is 20.6. The minimum atomic E-state index is -0.680. The predicted octanol–water partition coefficient (Wildman–Crippen LogP) is 3.21. The summed E-state index contributed by atoms with van der Waals surface area (Å²) in [4.78, 5) is 33.2. The summed E-state index contributed by atoms with van der Waals surface area (Å²) in [7, 11) is 0. The van der Waals surface area contributed by atoms with Gasteiger partial charge >= 0.3 is 0 Å². The summed E-state index contributed by atoms with van der Waals surface area (Å²) in [5.41, 5.74) is 13.6. The molecule has 0 saturated heterocycles. The Balaban J connectivity index is 1.44. The maximum Gasteiger partial charge on any atom is 0.272 e. The Labute approximate surface area is 189 Å². The summed E-state index contributed by atoms with van der Waals surface area (Å²) in [5, 5.41) is 7.62. The number of hydrogen-bond acceptors (Lipinski definition) is 5. The molecule has 2 aromatic heterocycles. The normalized spacial score (nSPS) is 13.4. The Morgan fingerprint density at radius 3 is 2.70 bits per heavy atom. The molecule has 0 spiro atoms. The summed E-state index contributed by atoms with van der Waals surface area (Å²) in [6, 6.07) is 18.3. The van der Waals surface area contributed by atoms with Crippen molar-refractivity contribution in [2.24, 2.45) is 10.8 Å². The second-order valence-electron chi connectivity index (χ2n) is 7.89. The zero-order valence-corrected chi connectivity index (χ0v) is 17.7. The van der Waals surface area contributed by atoms with Gasteiger partial charge in [0.05, 0.1) is 29.2 Å². The number of hydrogen-bond donors (Lipinski definition) is 4. The highest BCUT2D eigenvalue weighted by Crippen LogP contribution is 2.33. The number of nitrogens with one attached hydrogen (secondary N) is 3. The van der Waals surface area contributed by atoms with E-state index in [9.17, 15) is 9.59 Å². The number of H-pyrrole nitrogens is 1. The highest BCUT2D eigenvalue weighted by atomic mass is 16.2. The van der Waals surface area contributed by atoms with Crippen LogP contribution in [-0.4, -0.2) is 34.0 Å². The number of aromatic nitrogens is 2. The molecule has 0 fully saturated rings. The Kier molecular flexibility index (Phi) is 5.42. The molecule has 1 aliphatic rings. The number of nitrogens with two attached hydrogens (primary N) is 1. The van der Waals surface area contributed by atoms with E-state index in [1.165, 1.54) is 0 Å². The lowest BCUT2D eigenvalue weighted by Crippen LogP contribution is -2.36. The molecule has 1 aliphatic heterocycles. The second-order valence-corrected chi connectivity index (χ2v) is 7.89. The highest BCUT2D eigenvalue weighted by molar-refractivity contribution is 6.18. The summed E-state index contributed by atoms with van der Waals surface area (Å²) in [6.07, 6.45) is 4.52. The Morgan fingerprint density at radius 2 is 1.91 bits per heavy atom. The highest BCUT2D eigenvalue weighted by Gasteiger charge is 2.23. The number of rotatable bonds is 6. The molecule has 3 heterocycles. The van der Waals surface area contributed by atoms with E-state index in [2.05, 4.69) is 25.8 Å². The number of pyridine rings is 1. The molecule has 164 valence electrons. The van der Waals surface area contributed by atoms with Crippen LogP contribution in [0, 0.1) is 0 Å². The first-order valence-corrected chi connectivity index (χ1v) is 10.6. The lowest BCUT2D eigenvalue weighted by Gasteiger charge is -2.13. The van der Waals surface area contributed by atoms with Crippen molar-refractivity contribution in [1.29, 1.82) is 0 Å². The third kappa shape index (κ3) is 4.11. The number of amides is 2.